The smallest absolute Gasteiger partial charge is 0.331 e. The summed E-state index contributed by atoms with van der Waals surface area (Å²) in [5, 5.41) is 4.72. The second-order valence-corrected chi connectivity index (χ2v) is 6.34. The van der Waals surface area contributed by atoms with Crippen molar-refractivity contribution in [1.82, 2.24) is 5.32 Å². The van der Waals surface area contributed by atoms with E-state index in [4.69, 9.17) is 14.2 Å². The lowest BCUT2D eigenvalue weighted by molar-refractivity contribution is -0.144. The average Bonchev–Trinajstić information content (AvgIpc) is 3.19. The Balaban J connectivity index is 1.82. The van der Waals surface area contributed by atoms with Crippen molar-refractivity contribution in [1.29, 1.82) is 0 Å². The highest BCUT2D eigenvalue weighted by molar-refractivity contribution is 7.10. The number of hydrogen-bond donors (Lipinski definition) is 1. The van der Waals surface area contributed by atoms with Crippen LogP contribution >= 0.6 is 11.3 Å². The van der Waals surface area contributed by atoms with Gasteiger partial charge >= 0.3 is 5.97 Å². The summed E-state index contributed by atoms with van der Waals surface area (Å²) in [6, 6.07) is 8.99. The summed E-state index contributed by atoms with van der Waals surface area (Å²) in [6.07, 6.45) is 2.84. The third-order valence-corrected chi connectivity index (χ3v) is 4.57. The zero-order valence-electron chi connectivity index (χ0n) is 14.9. The van der Waals surface area contributed by atoms with Gasteiger partial charge in [-0.05, 0) is 42.1 Å². The molecule has 1 heterocycles. The first-order chi connectivity index (χ1) is 12.5. The molecule has 0 aliphatic rings. The maximum absolute atomic E-state index is 11.8. The second kappa shape index (κ2) is 9.62. The molecule has 1 aromatic heterocycles. The van der Waals surface area contributed by atoms with Crippen molar-refractivity contribution >= 4 is 29.3 Å². The zero-order valence-corrected chi connectivity index (χ0v) is 15.7. The van der Waals surface area contributed by atoms with Crippen LogP contribution in [-0.2, 0) is 14.3 Å². The van der Waals surface area contributed by atoms with Crippen LogP contribution in [-0.4, -0.2) is 32.7 Å². The molecule has 0 bridgehead atoms. The minimum absolute atomic E-state index is 0.122. The van der Waals surface area contributed by atoms with Crippen LogP contribution in [0.1, 0.15) is 23.4 Å². The van der Waals surface area contributed by atoms with Gasteiger partial charge in [0.25, 0.3) is 5.91 Å². The van der Waals surface area contributed by atoms with Gasteiger partial charge in [0.1, 0.15) is 0 Å². The van der Waals surface area contributed by atoms with Crippen LogP contribution in [0.15, 0.2) is 41.8 Å². The molecule has 138 valence electrons. The molecule has 0 saturated carbocycles. The number of rotatable bonds is 8. The van der Waals surface area contributed by atoms with Crippen molar-refractivity contribution < 1.29 is 23.8 Å². The van der Waals surface area contributed by atoms with E-state index in [1.54, 1.807) is 42.7 Å². The number of nitrogens with one attached hydrogen (secondary N) is 1. The highest BCUT2D eigenvalue weighted by atomic mass is 32.1. The number of ether oxygens (including phenoxy) is 3. The van der Waals surface area contributed by atoms with Crippen LogP contribution < -0.4 is 14.8 Å². The Morgan fingerprint density at radius 1 is 1.19 bits per heavy atom. The van der Waals surface area contributed by atoms with Crippen molar-refractivity contribution in [2.45, 2.75) is 13.0 Å². The SMILES string of the molecule is COc1ccc(/C=C/C(=O)OCC(=O)N[C@@H](C)c2cccs2)cc1OC. The number of methoxy groups -OCH3 is 2. The Bertz CT molecular complexity index is 770. The monoisotopic (exact) mass is 375 g/mol. The second-order valence-electron chi connectivity index (χ2n) is 5.36. The van der Waals surface area contributed by atoms with Crippen molar-refractivity contribution in [3.8, 4) is 11.5 Å². The molecular formula is C19H21NO5S. The maximum Gasteiger partial charge on any atom is 0.331 e. The molecule has 0 unspecified atom stereocenters. The first-order valence-corrected chi connectivity index (χ1v) is 8.81. The Kier molecular flexibility index (Phi) is 7.23. The third kappa shape index (κ3) is 5.63. The molecule has 6 nitrogen and oxygen atoms in total. The lowest BCUT2D eigenvalue weighted by Crippen LogP contribution is -2.30. The van der Waals surface area contributed by atoms with E-state index >= 15 is 0 Å². The quantitative estimate of drug-likeness (QED) is 0.567. The molecule has 2 aromatic rings. The molecule has 0 aliphatic heterocycles. The predicted molar refractivity (Wildman–Crippen MR) is 100 cm³/mol. The van der Waals surface area contributed by atoms with Crippen molar-refractivity contribution in [3.05, 3.63) is 52.2 Å². The lowest BCUT2D eigenvalue weighted by atomic mass is 10.2. The number of esters is 1. The van der Waals surface area contributed by atoms with Gasteiger partial charge in [-0.25, -0.2) is 4.79 Å². The first kappa shape index (κ1) is 19.5. The molecule has 26 heavy (non-hydrogen) atoms. The van der Waals surface area contributed by atoms with Gasteiger partial charge in [0.15, 0.2) is 18.1 Å². The van der Waals surface area contributed by atoms with Crippen LogP contribution in [0.25, 0.3) is 6.08 Å². The number of carbonyl (C=O) groups is 2. The van der Waals surface area contributed by atoms with Gasteiger partial charge in [-0.15, -0.1) is 11.3 Å². The van der Waals surface area contributed by atoms with E-state index in [9.17, 15) is 9.59 Å². The summed E-state index contributed by atoms with van der Waals surface area (Å²) in [4.78, 5) is 24.7. The van der Waals surface area contributed by atoms with Crippen molar-refractivity contribution in [3.63, 3.8) is 0 Å². The molecule has 0 fully saturated rings. The summed E-state index contributed by atoms with van der Waals surface area (Å²) < 4.78 is 15.3. The molecule has 1 amide bonds. The van der Waals surface area contributed by atoms with Crippen LogP contribution in [0.4, 0.5) is 0 Å². The first-order valence-electron chi connectivity index (χ1n) is 7.93. The van der Waals surface area contributed by atoms with E-state index < -0.39 is 5.97 Å². The lowest BCUT2D eigenvalue weighted by Gasteiger charge is -2.11. The number of benzene rings is 1. The summed E-state index contributed by atoms with van der Waals surface area (Å²) >= 11 is 1.56. The molecular weight excluding hydrogens is 354 g/mol. The van der Waals surface area contributed by atoms with Crippen LogP contribution in [0, 0.1) is 0 Å². The van der Waals surface area contributed by atoms with Crippen molar-refractivity contribution in [2.24, 2.45) is 0 Å². The standard InChI is InChI=1S/C19H21NO5S/c1-13(17-5-4-10-26-17)20-18(21)12-25-19(22)9-7-14-6-8-15(23-2)16(11-14)24-3/h4-11,13H,12H2,1-3H3,(H,20,21)/b9-7+/t13-/m0/s1. The molecule has 1 N–H and O–H groups in total. The minimum atomic E-state index is -0.598. The van der Waals surface area contributed by atoms with Crippen LogP contribution in [0.2, 0.25) is 0 Å². The maximum atomic E-state index is 11.8. The van der Waals surface area contributed by atoms with Gasteiger partial charge in [-0.2, -0.15) is 0 Å². The molecule has 2 rings (SSSR count). The average molecular weight is 375 g/mol. The Hall–Kier alpha value is -2.80. The fraction of sp³-hybridized carbons (Fsp3) is 0.263. The molecule has 0 saturated heterocycles. The fourth-order valence-corrected chi connectivity index (χ4v) is 2.93. The minimum Gasteiger partial charge on any atom is -0.493 e. The molecule has 0 aliphatic carbocycles. The van der Waals surface area contributed by atoms with E-state index in [2.05, 4.69) is 5.32 Å². The van der Waals surface area contributed by atoms with E-state index in [0.29, 0.717) is 11.5 Å². The number of carbonyl (C=O) groups excluding carboxylic acids is 2. The molecule has 1 atom stereocenters. The number of amides is 1. The van der Waals surface area contributed by atoms with E-state index in [1.807, 2.05) is 24.4 Å². The van der Waals surface area contributed by atoms with E-state index in [0.717, 1.165) is 10.4 Å². The van der Waals surface area contributed by atoms with Gasteiger partial charge in [-0.1, -0.05) is 12.1 Å². The molecule has 0 spiro atoms. The topological polar surface area (TPSA) is 73.9 Å². The fourth-order valence-electron chi connectivity index (χ4n) is 2.20. The molecule has 1 aromatic carbocycles. The largest absolute Gasteiger partial charge is 0.493 e. The van der Waals surface area contributed by atoms with Gasteiger partial charge in [0.05, 0.1) is 20.3 Å². The zero-order chi connectivity index (χ0) is 18.9. The van der Waals surface area contributed by atoms with E-state index in [1.165, 1.54) is 13.2 Å². The summed E-state index contributed by atoms with van der Waals surface area (Å²) in [7, 11) is 3.09. The Labute approximate surface area is 156 Å². The van der Waals surface area contributed by atoms with Crippen LogP contribution in [0.3, 0.4) is 0 Å². The molecule has 7 heteroatoms. The number of thiophene rings is 1. The Morgan fingerprint density at radius 2 is 1.96 bits per heavy atom. The van der Waals surface area contributed by atoms with Gasteiger partial charge in [0, 0.05) is 11.0 Å². The summed E-state index contributed by atoms with van der Waals surface area (Å²) in [5.41, 5.74) is 0.746. The summed E-state index contributed by atoms with van der Waals surface area (Å²) in [6.45, 7) is 1.55. The van der Waals surface area contributed by atoms with Gasteiger partial charge in [0.2, 0.25) is 0 Å². The highest BCUT2D eigenvalue weighted by Gasteiger charge is 2.11. The third-order valence-electron chi connectivity index (χ3n) is 3.51. The van der Waals surface area contributed by atoms with Gasteiger partial charge in [-0.3, -0.25) is 4.79 Å². The van der Waals surface area contributed by atoms with Gasteiger partial charge < -0.3 is 19.5 Å². The van der Waals surface area contributed by atoms with Crippen LogP contribution in [0.5, 0.6) is 11.5 Å². The predicted octanol–water partition coefficient (Wildman–Crippen LogP) is 3.20. The normalized spacial score (nSPS) is 11.8. The Morgan fingerprint density at radius 3 is 2.62 bits per heavy atom. The van der Waals surface area contributed by atoms with E-state index in [-0.39, 0.29) is 18.6 Å². The van der Waals surface area contributed by atoms with Crippen molar-refractivity contribution in [2.75, 3.05) is 20.8 Å². The number of hydrogen-bond acceptors (Lipinski definition) is 6. The molecule has 0 radical (unpaired) electrons. The summed E-state index contributed by atoms with van der Waals surface area (Å²) in [5.74, 6) is 0.214. The highest BCUT2D eigenvalue weighted by Crippen LogP contribution is 2.27.